The normalized spacial score (nSPS) is 10.8. The van der Waals surface area contributed by atoms with Crippen LogP contribution in [0.2, 0.25) is 0 Å². The Morgan fingerprint density at radius 1 is 1.25 bits per heavy atom. The lowest BCUT2D eigenvalue weighted by molar-refractivity contribution is 0.100. The molecular weight excluding hydrogens is 274 g/mol. The van der Waals surface area contributed by atoms with Crippen molar-refractivity contribution in [2.75, 3.05) is 0 Å². The van der Waals surface area contributed by atoms with Gasteiger partial charge in [-0.2, -0.15) is 0 Å². The van der Waals surface area contributed by atoms with E-state index < -0.39 is 5.91 Å². The van der Waals surface area contributed by atoms with Crippen molar-refractivity contribution in [3.8, 4) is 0 Å². The van der Waals surface area contributed by atoms with Gasteiger partial charge in [-0.05, 0) is 29.1 Å². The van der Waals surface area contributed by atoms with Crippen LogP contribution in [0.4, 0.5) is 0 Å². The number of hydrogen-bond acceptors (Lipinski definition) is 4. The molecule has 100 valence electrons. The van der Waals surface area contributed by atoms with Crippen LogP contribution in [0.3, 0.4) is 0 Å². The van der Waals surface area contributed by atoms with Gasteiger partial charge in [-0.25, -0.2) is 4.98 Å². The predicted octanol–water partition coefficient (Wildman–Crippen LogP) is 1.61. The Labute approximate surface area is 118 Å². The monoisotopic (exact) mass is 285 g/mol. The number of rotatable bonds is 3. The third-order valence-corrected chi connectivity index (χ3v) is 3.92. The first-order valence-corrected chi connectivity index (χ1v) is 6.84. The molecule has 2 heterocycles. The van der Waals surface area contributed by atoms with Gasteiger partial charge in [0, 0.05) is 5.56 Å². The van der Waals surface area contributed by atoms with Gasteiger partial charge in [-0.15, -0.1) is 11.3 Å². The average molecular weight is 285 g/mol. The van der Waals surface area contributed by atoms with Crippen molar-refractivity contribution in [2.24, 2.45) is 5.73 Å². The zero-order valence-electron chi connectivity index (χ0n) is 10.4. The van der Waals surface area contributed by atoms with E-state index in [0.29, 0.717) is 16.8 Å². The number of nitrogens with zero attached hydrogens (tertiary/aromatic N) is 2. The molecule has 3 rings (SSSR count). The predicted molar refractivity (Wildman–Crippen MR) is 77.9 cm³/mol. The Morgan fingerprint density at radius 2 is 2.00 bits per heavy atom. The highest BCUT2D eigenvalue weighted by Crippen LogP contribution is 2.13. The number of benzene rings is 1. The first-order valence-electron chi connectivity index (χ1n) is 5.96. The molecule has 0 saturated carbocycles. The molecule has 1 amide bonds. The number of thiophene rings is 1. The quantitative estimate of drug-likeness (QED) is 0.794. The van der Waals surface area contributed by atoms with Gasteiger partial charge in [0.15, 0.2) is 0 Å². The molecule has 3 aromatic rings. The summed E-state index contributed by atoms with van der Waals surface area (Å²) in [5.41, 5.74) is 7.22. The standard InChI is InChI=1S/C14H11N3O2S/c15-13(18)10-3-1-9(2-4-10)7-17-8-16-11-5-6-20-12(11)14(17)19/h1-6,8H,7H2,(H2,15,18). The Hall–Kier alpha value is -2.47. The summed E-state index contributed by atoms with van der Waals surface area (Å²) < 4.78 is 2.21. The van der Waals surface area contributed by atoms with Crippen LogP contribution in [0, 0.1) is 0 Å². The molecule has 0 spiro atoms. The van der Waals surface area contributed by atoms with Gasteiger partial charge in [-0.1, -0.05) is 12.1 Å². The highest BCUT2D eigenvalue weighted by atomic mass is 32.1. The zero-order valence-corrected chi connectivity index (χ0v) is 11.3. The Morgan fingerprint density at radius 3 is 2.70 bits per heavy atom. The molecule has 20 heavy (non-hydrogen) atoms. The van der Waals surface area contributed by atoms with Crippen LogP contribution in [-0.4, -0.2) is 15.5 Å². The van der Waals surface area contributed by atoms with E-state index in [1.807, 2.05) is 11.4 Å². The largest absolute Gasteiger partial charge is 0.366 e. The SMILES string of the molecule is NC(=O)c1ccc(Cn2cnc3ccsc3c2=O)cc1. The van der Waals surface area contributed by atoms with Gasteiger partial charge >= 0.3 is 0 Å². The maximum absolute atomic E-state index is 12.2. The summed E-state index contributed by atoms with van der Waals surface area (Å²) in [5, 5.41) is 1.85. The van der Waals surface area contributed by atoms with Gasteiger partial charge in [0.2, 0.25) is 5.91 Å². The van der Waals surface area contributed by atoms with Crippen molar-refractivity contribution in [3.63, 3.8) is 0 Å². The van der Waals surface area contributed by atoms with Crippen LogP contribution in [0.15, 0.2) is 46.8 Å². The van der Waals surface area contributed by atoms with E-state index in [4.69, 9.17) is 5.73 Å². The fourth-order valence-electron chi connectivity index (χ4n) is 1.96. The first-order chi connectivity index (χ1) is 9.65. The first kappa shape index (κ1) is 12.6. The fraction of sp³-hybridized carbons (Fsp3) is 0.0714. The van der Waals surface area contributed by atoms with Gasteiger partial charge in [-0.3, -0.25) is 14.2 Å². The third kappa shape index (κ3) is 2.21. The number of nitrogens with two attached hydrogens (primary N) is 1. The highest BCUT2D eigenvalue weighted by molar-refractivity contribution is 7.17. The van der Waals surface area contributed by atoms with E-state index in [1.54, 1.807) is 35.2 Å². The van der Waals surface area contributed by atoms with E-state index >= 15 is 0 Å². The number of primary amides is 1. The van der Waals surface area contributed by atoms with Crippen LogP contribution in [-0.2, 0) is 6.54 Å². The molecule has 0 aliphatic carbocycles. The molecule has 0 atom stereocenters. The summed E-state index contributed by atoms with van der Waals surface area (Å²) in [5.74, 6) is -0.463. The van der Waals surface area contributed by atoms with E-state index in [1.165, 1.54) is 11.3 Å². The Balaban J connectivity index is 1.94. The summed E-state index contributed by atoms with van der Waals surface area (Å²) in [6.45, 7) is 0.415. The van der Waals surface area contributed by atoms with Crippen molar-refractivity contribution in [3.05, 3.63) is 63.5 Å². The summed E-state index contributed by atoms with van der Waals surface area (Å²) in [6.07, 6.45) is 1.54. The average Bonchev–Trinajstić information content (AvgIpc) is 2.92. The molecule has 5 nitrogen and oxygen atoms in total. The van der Waals surface area contributed by atoms with Crippen LogP contribution in [0.5, 0.6) is 0 Å². The third-order valence-electron chi connectivity index (χ3n) is 3.03. The summed E-state index contributed by atoms with van der Waals surface area (Å²) in [4.78, 5) is 27.5. The highest BCUT2D eigenvalue weighted by Gasteiger charge is 2.06. The molecule has 0 unspecified atom stereocenters. The number of amides is 1. The van der Waals surface area contributed by atoms with Crippen molar-refractivity contribution in [1.29, 1.82) is 0 Å². The zero-order chi connectivity index (χ0) is 14.1. The number of carbonyl (C=O) groups is 1. The second-order valence-corrected chi connectivity index (χ2v) is 5.29. The maximum Gasteiger partial charge on any atom is 0.271 e. The maximum atomic E-state index is 12.2. The lowest BCUT2D eigenvalue weighted by Crippen LogP contribution is -2.20. The molecule has 0 fully saturated rings. The fourth-order valence-corrected chi connectivity index (χ4v) is 2.76. The van der Waals surface area contributed by atoms with Crippen molar-refractivity contribution < 1.29 is 4.79 Å². The molecule has 2 aromatic heterocycles. The molecule has 0 saturated heterocycles. The summed E-state index contributed by atoms with van der Waals surface area (Å²) >= 11 is 1.39. The second-order valence-electron chi connectivity index (χ2n) is 4.37. The minimum Gasteiger partial charge on any atom is -0.366 e. The van der Waals surface area contributed by atoms with Crippen LogP contribution < -0.4 is 11.3 Å². The van der Waals surface area contributed by atoms with E-state index in [9.17, 15) is 9.59 Å². The van der Waals surface area contributed by atoms with Crippen LogP contribution in [0.25, 0.3) is 10.2 Å². The minimum atomic E-state index is -0.463. The molecule has 0 aliphatic rings. The Kier molecular flexibility index (Phi) is 3.08. The van der Waals surface area contributed by atoms with Crippen LogP contribution in [0.1, 0.15) is 15.9 Å². The summed E-state index contributed by atoms with van der Waals surface area (Å²) in [7, 11) is 0. The molecule has 0 bridgehead atoms. The smallest absolute Gasteiger partial charge is 0.271 e. The number of hydrogen-bond donors (Lipinski definition) is 1. The second kappa shape index (κ2) is 4.90. The van der Waals surface area contributed by atoms with E-state index in [2.05, 4.69) is 4.98 Å². The number of aromatic nitrogens is 2. The van der Waals surface area contributed by atoms with Crippen LogP contribution >= 0.6 is 11.3 Å². The molecule has 1 aromatic carbocycles. The van der Waals surface area contributed by atoms with Crippen molar-refractivity contribution >= 4 is 27.5 Å². The molecule has 6 heteroatoms. The Bertz CT molecular complexity index is 833. The van der Waals surface area contributed by atoms with Crippen molar-refractivity contribution in [2.45, 2.75) is 6.54 Å². The molecule has 2 N–H and O–H groups in total. The van der Waals surface area contributed by atoms with Gasteiger partial charge in [0.05, 0.1) is 18.4 Å². The number of carbonyl (C=O) groups excluding carboxylic acids is 1. The molecule has 0 aliphatic heterocycles. The molecule has 0 radical (unpaired) electrons. The van der Waals surface area contributed by atoms with Gasteiger partial charge < -0.3 is 5.73 Å². The molecular formula is C14H11N3O2S. The topological polar surface area (TPSA) is 78.0 Å². The van der Waals surface area contributed by atoms with Gasteiger partial charge in [0.25, 0.3) is 5.56 Å². The number of fused-ring (bicyclic) bond motifs is 1. The summed E-state index contributed by atoms with van der Waals surface area (Å²) in [6, 6.07) is 8.70. The van der Waals surface area contributed by atoms with E-state index in [0.717, 1.165) is 11.1 Å². The van der Waals surface area contributed by atoms with E-state index in [-0.39, 0.29) is 5.56 Å². The minimum absolute atomic E-state index is 0.0519. The van der Waals surface area contributed by atoms with Crippen molar-refractivity contribution in [1.82, 2.24) is 9.55 Å². The lowest BCUT2D eigenvalue weighted by Gasteiger charge is -2.05. The lowest BCUT2D eigenvalue weighted by atomic mass is 10.1. The van der Waals surface area contributed by atoms with Gasteiger partial charge in [0.1, 0.15) is 4.70 Å².